The van der Waals surface area contributed by atoms with Crippen LogP contribution in [0.3, 0.4) is 0 Å². The van der Waals surface area contributed by atoms with Crippen LogP contribution in [0, 0.1) is 0 Å². The maximum absolute atomic E-state index is 12.0. The molecule has 0 bridgehead atoms. The average Bonchev–Trinajstić information content (AvgIpc) is 2.80. The van der Waals surface area contributed by atoms with Crippen molar-refractivity contribution >= 4 is 5.91 Å². The minimum Gasteiger partial charge on any atom is -0.378 e. The van der Waals surface area contributed by atoms with Crippen molar-refractivity contribution < 1.29 is 9.53 Å². The standard InChI is InChI=1S/C14H24N2O2/c17-13(9-12-3-1-8-18-12)16-11-4-7-15-14(10-11)5-2-6-14/h11-12,15H,1-10H2,(H,16,17). The molecule has 18 heavy (non-hydrogen) atoms. The maximum atomic E-state index is 12.0. The van der Waals surface area contributed by atoms with Crippen LogP contribution in [-0.2, 0) is 9.53 Å². The number of hydrogen-bond donors (Lipinski definition) is 2. The van der Waals surface area contributed by atoms with E-state index in [0.29, 0.717) is 18.0 Å². The molecule has 2 N–H and O–H groups in total. The molecule has 1 saturated carbocycles. The first-order valence-electron chi connectivity index (χ1n) is 7.42. The average molecular weight is 252 g/mol. The molecule has 4 heteroatoms. The second kappa shape index (κ2) is 5.17. The minimum atomic E-state index is 0.171. The molecule has 2 saturated heterocycles. The number of amides is 1. The van der Waals surface area contributed by atoms with Crippen LogP contribution < -0.4 is 10.6 Å². The van der Waals surface area contributed by atoms with E-state index in [0.717, 1.165) is 38.8 Å². The van der Waals surface area contributed by atoms with E-state index in [-0.39, 0.29) is 12.0 Å². The lowest BCUT2D eigenvalue weighted by Crippen LogP contribution is -2.59. The van der Waals surface area contributed by atoms with Gasteiger partial charge < -0.3 is 15.4 Å². The van der Waals surface area contributed by atoms with Crippen molar-refractivity contribution in [1.82, 2.24) is 10.6 Å². The van der Waals surface area contributed by atoms with E-state index in [1.165, 1.54) is 19.3 Å². The van der Waals surface area contributed by atoms with Crippen LogP contribution in [0.5, 0.6) is 0 Å². The number of rotatable bonds is 3. The topological polar surface area (TPSA) is 50.4 Å². The van der Waals surface area contributed by atoms with E-state index in [9.17, 15) is 4.79 Å². The third-order valence-corrected chi connectivity index (χ3v) is 4.74. The number of nitrogens with one attached hydrogen (secondary N) is 2. The van der Waals surface area contributed by atoms with Crippen LogP contribution >= 0.6 is 0 Å². The third kappa shape index (κ3) is 2.69. The molecule has 0 aromatic heterocycles. The van der Waals surface area contributed by atoms with Crippen molar-refractivity contribution in [1.29, 1.82) is 0 Å². The largest absolute Gasteiger partial charge is 0.378 e. The van der Waals surface area contributed by atoms with E-state index in [1.807, 2.05) is 0 Å². The summed E-state index contributed by atoms with van der Waals surface area (Å²) >= 11 is 0. The molecule has 2 unspecified atom stereocenters. The highest BCUT2D eigenvalue weighted by Gasteiger charge is 2.41. The van der Waals surface area contributed by atoms with Crippen LogP contribution in [0.2, 0.25) is 0 Å². The van der Waals surface area contributed by atoms with Gasteiger partial charge in [-0.05, 0) is 51.5 Å². The molecule has 0 radical (unpaired) electrons. The van der Waals surface area contributed by atoms with Gasteiger partial charge >= 0.3 is 0 Å². The maximum Gasteiger partial charge on any atom is 0.222 e. The van der Waals surface area contributed by atoms with Crippen LogP contribution in [0.15, 0.2) is 0 Å². The zero-order chi connectivity index (χ0) is 12.4. The summed E-state index contributed by atoms with van der Waals surface area (Å²) in [6, 6.07) is 0.375. The summed E-state index contributed by atoms with van der Waals surface area (Å²) in [5, 5.41) is 6.84. The molecule has 3 rings (SSSR count). The lowest BCUT2D eigenvalue weighted by atomic mass is 9.70. The Labute approximate surface area is 109 Å². The summed E-state index contributed by atoms with van der Waals surface area (Å²) in [7, 11) is 0. The zero-order valence-corrected chi connectivity index (χ0v) is 11.0. The van der Waals surface area contributed by atoms with Gasteiger partial charge in [-0.25, -0.2) is 0 Å². The Morgan fingerprint density at radius 1 is 1.33 bits per heavy atom. The van der Waals surface area contributed by atoms with E-state index in [2.05, 4.69) is 10.6 Å². The summed E-state index contributed by atoms with van der Waals surface area (Å²) in [5.41, 5.74) is 0.361. The number of carbonyl (C=O) groups excluding carboxylic acids is 1. The summed E-state index contributed by atoms with van der Waals surface area (Å²) in [4.78, 5) is 12.0. The predicted molar refractivity (Wildman–Crippen MR) is 69.3 cm³/mol. The highest BCUT2D eigenvalue weighted by Crippen LogP contribution is 2.38. The van der Waals surface area contributed by atoms with Crippen molar-refractivity contribution in [2.75, 3.05) is 13.2 Å². The van der Waals surface area contributed by atoms with Gasteiger partial charge in [-0.3, -0.25) is 4.79 Å². The Kier molecular flexibility index (Phi) is 3.57. The van der Waals surface area contributed by atoms with Crippen molar-refractivity contribution in [2.45, 2.75) is 69.1 Å². The first-order valence-corrected chi connectivity index (χ1v) is 7.42. The fraction of sp³-hybridized carbons (Fsp3) is 0.929. The summed E-state index contributed by atoms with van der Waals surface area (Å²) in [6.45, 7) is 1.87. The summed E-state index contributed by atoms with van der Waals surface area (Å²) in [6.07, 6.45) is 8.96. The van der Waals surface area contributed by atoms with Crippen molar-refractivity contribution in [3.8, 4) is 0 Å². The Bertz CT molecular complexity index is 309. The van der Waals surface area contributed by atoms with E-state index >= 15 is 0 Å². The molecule has 1 amide bonds. The molecule has 4 nitrogen and oxygen atoms in total. The lowest BCUT2D eigenvalue weighted by molar-refractivity contribution is -0.124. The Hall–Kier alpha value is -0.610. The molecule has 0 aromatic carbocycles. The number of piperidine rings is 1. The molecule has 3 fully saturated rings. The number of ether oxygens (including phenoxy) is 1. The smallest absolute Gasteiger partial charge is 0.222 e. The molecular formula is C14H24N2O2. The van der Waals surface area contributed by atoms with Gasteiger partial charge in [-0.15, -0.1) is 0 Å². The highest BCUT2D eigenvalue weighted by atomic mass is 16.5. The summed E-state index contributed by atoms with van der Waals surface area (Å²) < 4.78 is 5.51. The van der Waals surface area contributed by atoms with Crippen molar-refractivity contribution in [2.24, 2.45) is 0 Å². The highest BCUT2D eigenvalue weighted by molar-refractivity contribution is 5.76. The fourth-order valence-electron chi connectivity index (χ4n) is 3.56. The Morgan fingerprint density at radius 2 is 2.22 bits per heavy atom. The fourth-order valence-corrected chi connectivity index (χ4v) is 3.56. The Morgan fingerprint density at radius 3 is 2.89 bits per heavy atom. The van der Waals surface area contributed by atoms with Gasteiger partial charge in [0.25, 0.3) is 0 Å². The third-order valence-electron chi connectivity index (χ3n) is 4.74. The van der Waals surface area contributed by atoms with Gasteiger partial charge in [0.05, 0.1) is 12.5 Å². The van der Waals surface area contributed by atoms with Crippen LogP contribution in [0.25, 0.3) is 0 Å². The SMILES string of the molecule is O=C(CC1CCCO1)NC1CCNC2(CCC2)C1. The van der Waals surface area contributed by atoms with E-state index in [4.69, 9.17) is 4.74 Å². The Balaban J connectivity index is 1.45. The van der Waals surface area contributed by atoms with Crippen LogP contribution in [-0.4, -0.2) is 36.7 Å². The normalized spacial score (nSPS) is 34.2. The first kappa shape index (κ1) is 12.4. The first-order chi connectivity index (χ1) is 8.76. The molecule has 0 aromatic rings. The second-order valence-electron chi connectivity index (χ2n) is 6.16. The monoisotopic (exact) mass is 252 g/mol. The molecule has 2 atom stereocenters. The number of hydrogen-bond acceptors (Lipinski definition) is 3. The van der Waals surface area contributed by atoms with Gasteiger partial charge in [-0.2, -0.15) is 0 Å². The van der Waals surface area contributed by atoms with Crippen molar-refractivity contribution in [3.05, 3.63) is 0 Å². The number of carbonyl (C=O) groups is 1. The van der Waals surface area contributed by atoms with E-state index < -0.39 is 0 Å². The van der Waals surface area contributed by atoms with E-state index in [1.54, 1.807) is 0 Å². The van der Waals surface area contributed by atoms with Gasteiger partial charge in [0, 0.05) is 18.2 Å². The molecule has 1 spiro atoms. The molecule has 3 aliphatic rings. The predicted octanol–water partition coefficient (Wildman–Crippen LogP) is 1.35. The van der Waals surface area contributed by atoms with Gasteiger partial charge in [0.1, 0.15) is 0 Å². The van der Waals surface area contributed by atoms with Crippen molar-refractivity contribution in [3.63, 3.8) is 0 Å². The lowest BCUT2D eigenvalue weighted by Gasteiger charge is -2.48. The van der Waals surface area contributed by atoms with Crippen LogP contribution in [0.4, 0.5) is 0 Å². The van der Waals surface area contributed by atoms with Crippen LogP contribution in [0.1, 0.15) is 51.4 Å². The molecular weight excluding hydrogens is 228 g/mol. The van der Waals surface area contributed by atoms with Gasteiger partial charge in [0.15, 0.2) is 0 Å². The van der Waals surface area contributed by atoms with Gasteiger partial charge in [-0.1, -0.05) is 0 Å². The summed E-state index contributed by atoms with van der Waals surface area (Å²) in [5.74, 6) is 0.184. The molecule has 102 valence electrons. The minimum absolute atomic E-state index is 0.171. The zero-order valence-electron chi connectivity index (χ0n) is 11.0. The molecule has 1 aliphatic carbocycles. The quantitative estimate of drug-likeness (QED) is 0.797. The molecule has 2 heterocycles. The second-order valence-corrected chi connectivity index (χ2v) is 6.16. The van der Waals surface area contributed by atoms with Gasteiger partial charge in [0.2, 0.25) is 5.91 Å². The molecule has 2 aliphatic heterocycles.